The Bertz CT molecular complexity index is 186. The van der Waals surface area contributed by atoms with Crippen molar-refractivity contribution in [2.45, 2.75) is 40.5 Å². The number of carbonyl (C=O) groups is 1. The number of hydrogen-bond donors (Lipinski definition) is 0. The molecule has 1 heterocycles. The third kappa shape index (κ3) is 5.50. The lowest BCUT2D eigenvalue weighted by molar-refractivity contribution is -0.128. The Hall–Kier alpha value is -0.570. The average molecular weight is 228 g/mol. The van der Waals surface area contributed by atoms with E-state index in [1.54, 1.807) is 6.92 Å². The van der Waals surface area contributed by atoms with Crippen LogP contribution in [0.4, 0.5) is 0 Å². The molecule has 0 radical (unpaired) electrons. The molecule has 1 amide bonds. The van der Waals surface area contributed by atoms with E-state index in [2.05, 4.69) is 11.8 Å². The Kier molecular flexibility index (Phi) is 8.26. The number of piperidine rings is 1. The van der Waals surface area contributed by atoms with E-state index >= 15 is 0 Å². The predicted molar refractivity (Wildman–Crippen MR) is 69.5 cm³/mol. The van der Waals surface area contributed by atoms with Gasteiger partial charge in [0.25, 0.3) is 0 Å². The molecular formula is C13H28N2O. The molecule has 96 valence electrons. The highest BCUT2D eigenvalue weighted by molar-refractivity contribution is 5.72. The number of carbonyl (C=O) groups excluding carboxylic acids is 1. The van der Waals surface area contributed by atoms with Crippen LogP contribution in [0.5, 0.6) is 0 Å². The van der Waals surface area contributed by atoms with Gasteiger partial charge in [-0.3, -0.25) is 4.79 Å². The van der Waals surface area contributed by atoms with E-state index in [1.165, 1.54) is 25.9 Å². The molecule has 0 aromatic heterocycles. The average Bonchev–Trinajstić information content (AvgIpc) is 2.32. The summed E-state index contributed by atoms with van der Waals surface area (Å²) in [6.07, 6.45) is 2.48. The molecule has 0 aliphatic carbocycles. The van der Waals surface area contributed by atoms with Crippen LogP contribution in [0, 0.1) is 5.92 Å². The largest absolute Gasteiger partial charge is 0.346 e. The van der Waals surface area contributed by atoms with Gasteiger partial charge in [-0.25, -0.2) is 0 Å². The molecule has 3 nitrogen and oxygen atoms in total. The Morgan fingerprint density at radius 3 is 2.19 bits per heavy atom. The summed E-state index contributed by atoms with van der Waals surface area (Å²) < 4.78 is 0. The maximum atomic E-state index is 11.1. The lowest BCUT2D eigenvalue weighted by Crippen LogP contribution is -2.38. The molecule has 1 rings (SSSR count). The van der Waals surface area contributed by atoms with Gasteiger partial charge < -0.3 is 9.80 Å². The van der Waals surface area contributed by atoms with E-state index in [0.717, 1.165) is 13.1 Å². The fraction of sp³-hybridized carbons (Fsp3) is 0.923. The summed E-state index contributed by atoms with van der Waals surface area (Å²) in [5.74, 6) is 0.898. The Labute approximate surface area is 101 Å². The Balaban J connectivity index is 0.00000106. The lowest BCUT2D eigenvalue weighted by atomic mass is 9.96. The van der Waals surface area contributed by atoms with Crippen LogP contribution in [0.2, 0.25) is 0 Å². The third-order valence-electron chi connectivity index (χ3n) is 3.22. The van der Waals surface area contributed by atoms with Gasteiger partial charge in [0.2, 0.25) is 5.91 Å². The van der Waals surface area contributed by atoms with E-state index in [-0.39, 0.29) is 5.91 Å². The Morgan fingerprint density at radius 1 is 1.31 bits per heavy atom. The first kappa shape index (κ1) is 15.4. The van der Waals surface area contributed by atoms with E-state index in [9.17, 15) is 4.79 Å². The first-order valence-electron chi connectivity index (χ1n) is 6.57. The van der Waals surface area contributed by atoms with Crippen molar-refractivity contribution in [2.24, 2.45) is 5.92 Å². The summed E-state index contributed by atoms with van der Waals surface area (Å²) in [5, 5.41) is 0. The van der Waals surface area contributed by atoms with Crippen molar-refractivity contribution in [2.75, 3.05) is 33.2 Å². The van der Waals surface area contributed by atoms with Crippen LogP contribution in [-0.2, 0) is 4.79 Å². The number of amides is 1. The Morgan fingerprint density at radius 2 is 1.81 bits per heavy atom. The zero-order valence-corrected chi connectivity index (χ0v) is 11.6. The smallest absolute Gasteiger partial charge is 0.219 e. The molecule has 0 atom stereocenters. The van der Waals surface area contributed by atoms with Crippen LogP contribution in [0.25, 0.3) is 0 Å². The lowest BCUT2D eigenvalue weighted by Gasteiger charge is -2.32. The molecule has 0 bridgehead atoms. The fourth-order valence-corrected chi connectivity index (χ4v) is 2.00. The van der Waals surface area contributed by atoms with E-state index in [1.807, 2.05) is 25.8 Å². The molecule has 1 fully saturated rings. The molecule has 0 unspecified atom stereocenters. The van der Waals surface area contributed by atoms with Gasteiger partial charge >= 0.3 is 0 Å². The molecule has 0 saturated carbocycles. The van der Waals surface area contributed by atoms with Crippen molar-refractivity contribution in [1.29, 1.82) is 0 Å². The summed E-state index contributed by atoms with van der Waals surface area (Å²) in [6.45, 7) is 12.4. The second-order valence-corrected chi connectivity index (χ2v) is 4.28. The standard InChI is InChI=1S/C11H22N2O.C2H6/c1-4-13-7-5-11(6-8-13)9-12(3)10(2)14;1-2/h11H,4-9H2,1-3H3;1-2H3. The zero-order chi connectivity index (χ0) is 12.6. The van der Waals surface area contributed by atoms with Gasteiger partial charge in [0.15, 0.2) is 0 Å². The fourth-order valence-electron chi connectivity index (χ4n) is 2.00. The van der Waals surface area contributed by atoms with Gasteiger partial charge in [-0.2, -0.15) is 0 Å². The summed E-state index contributed by atoms with van der Waals surface area (Å²) in [4.78, 5) is 15.4. The topological polar surface area (TPSA) is 23.6 Å². The molecule has 1 saturated heterocycles. The number of likely N-dealkylation sites (tertiary alicyclic amines) is 1. The maximum Gasteiger partial charge on any atom is 0.219 e. The highest BCUT2D eigenvalue weighted by Crippen LogP contribution is 2.17. The molecule has 1 aliphatic rings. The van der Waals surface area contributed by atoms with Gasteiger partial charge in [0.1, 0.15) is 0 Å². The molecule has 16 heavy (non-hydrogen) atoms. The summed E-state index contributed by atoms with van der Waals surface area (Å²) in [7, 11) is 1.90. The van der Waals surface area contributed by atoms with Crippen molar-refractivity contribution in [1.82, 2.24) is 9.80 Å². The molecular weight excluding hydrogens is 200 g/mol. The van der Waals surface area contributed by atoms with Crippen LogP contribution in [-0.4, -0.2) is 48.9 Å². The molecule has 0 aromatic carbocycles. The van der Waals surface area contributed by atoms with Crippen LogP contribution in [0.15, 0.2) is 0 Å². The van der Waals surface area contributed by atoms with E-state index in [0.29, 0.717) is 5.92 Å². The van der Waals surface area contributed by atoms with Crippen molar-refractivity contribution >= 4 is 5.91 Å². The van der Waals surface area contributed by atoms with Crippen molar-refractivity contribution in [3.05, 3.63) is 0 Å². The van der Waals surface area contributed by atoms with E-state index in [4.69, 9.17) is 0 Å². The highest BCUT2D eigenvalue weighted by Gasteiger charge is 2.19. The van der Waals surface area contributed by atoms with Crippen molar-refractivity contribution in [3.8, 4) is 0 Å². The van der Waals surface area contributed by atoms with Crippen molar-refractivity contribution < 1.29 is 4.79 Å². The molecule has 0 spiro atoms. The van der Waals surface area contributed by atoms with Gasteiger partial charge in [0.05, 0.1) is 0 Å². The first-order chi connectivity index (χ1) is 7.63. The number of nitrogens with zero attached hydrogens (tertiary/aromatic N) is 2. The minimum atomic E-state index is 0.183. The monoisotopic (exact) mass is 228 g/mol. The van der Waals surface area contributed by atoms with Crippen LogP contribution >= 0.6 is 0 Å². The van der Waals surface area contributed by atoms with Crippen LogP contribution in [0.1, 0.15) is 40.5 Å². The third-order valence-corrected chi connectivity index (χ3v) is 3.22. The van der Waals surface area contributed by atoms with Gasteiger partial charge in [-0.05, 0) is 38.4 Å². The second kappa shape index (κ2) is 8.57. The first-order valence-corrected chi connectivity index (χ1v) is 6.57. The summed E-state index contributed by atoms with van der Waals surface area (Å²) in [6, 6.07) is 0. The van der Waals surface area contributed by atoms with Gasteiger partial charge in [0, 0.05) is 20.5 Å². The molecule has 1 aliphatic heterocycles. The van der Waals surface area contributed by atoms with E-state index < -0.39 is 0 Å². The zero-order valence-electron chi connectivity index (χ0n) is 11.6. The predicted octanol–water partition coefficient (Wildman–Crippen LogP) is 2.22. The molecule has 0 N–H and O–H groups in total. The molecule has 3 heteroatoms. The maximum absolute atomic E-state index is 11.1. The summed E-state index contributed by atoms with van der Waals surface area (Å²) in [5.41, 5.74) is 0. The molecule has 0 aromatic rings. The second-order valence-electron chi connectivity index (χ2n) is 4.28. The van der Waals surface area contributed by atoms with Crippen LogP contribution in [0.3, 0.4) is 0 Å². The quantitative estimate of drug-likeness (QED) is 0.739. The van der Waals surface area contributed by atoms with Crippen LogP contribution < -0.4 is 0 Å². The normalized spacial score (nSPS) is 17.6. The number of rotatable bonds is 3. The summed E-state index contributed by atoms with van der Waals surface area (Å²) >= 11 is 0. The highest BCUT2D eigenvalue weighted by atomic mass is 16.2. The van der Waals surface area contributed by atoms with Gasteiger partial charge in [-0.15, -0.1) is 0 Å². The SMILES string of the molecule is CC.CCN1CCC(CN(C)C(C)=O)CC1. The van der Waals surface area contributed by atoms with Crippen molar-refractivity contribution in [3.63, 3.8) is 0 Å². The van der Waals surface area contributed by atoms with Gasteiger partial charge in [-0.1, -0.05) is 20.8 Å². The number of hydrogen-bond acceptors (Lipinski definition) is 2. The minimum absolute atomic E-state index is 0.183. The minimum Gasteiger partial charge on any atom is -0.346 e.